The fourth-order valence-corrected chi connectivity index (χ4v) is 6.26. The number of carbonyl (C=O) groups is 1. The minimum atomic E-state index is -0.556. The highest BCUT2D eigenvalue weighted by Gasteiger charge is 2.52. The highest BCUT2D eigenvalue weighted by atomic mass is 35.5. The van der Waals surface area contributed by atoms with E-state index in [0.29, 0.717) is 22.5 Å². The first-order valence-corrected chi connectivity index (χ1v) is 14.1. The number of anilines is 1. The molecule has 2 fully saturated rings. The van der Waals surface area contributed by atoms with Crippen molar-refractivity contribution in [2.45, 2.75) is 43.6 Å². The number of halogens is 1. The van der Waals surface area contributed by atoms with Gasteiger partial charge >= 0.3 is 0 Å². The lowest BCUT2D eigenvalue weighted by Crippen LogP contribution is -2.33. The second kappa shape index (κ2) is 10.6. The van der Waals surface area contributed by atoms with E-state index < -0.39 is 5.41 Å². The molecule has 3 heterocycles. The molecule has 1 aromatic heterocycles. The van der Waals surface area contributed by atoms with E-state index in [9.17, 15) is 4.79 Å². The fourth-order valence-electron chi connectivity index (χ4n) is 5.14. The number of aromatic nitrogens is 1. The van der Waals surface area contributed by atoms with E-state index in [1.807, 2.05) is 42.5 Å². The van der Waals surface area contributed by atoms with Crippen LogP contribution < -0.4 is 14.8 Å². The number of nitrogens with one attached hydrogen (secondary N) is 1. The van der Waals surface area contributed by atoms with Crippen LogP contribution in [-0.2, 0) is 14.9 Å². The Balaban J connectivity index is 1.17. The normalized spacial score (nSPS) is 18.9. The van der Waals surface area contributed by atoms with Gasteiger partial charge in [-0.15, -0.1) is 0 Å². The molecule has 1 aliphatic carbocycles. The number of carbonyl (C=O) groups excluding carboxylic acids is 1. The van der Waals surface area contributed by atoms with Gasteiger partial charge in [0.05, 0.1) is 16.9 Å². The van der Waals surface area contributed by atoms with Crippen molar-refractivity contribution in [3.05, 3.63) is 69.7 Å². The molecular weight excluding hydrogens is 510 g/mol. The molecule has 1 unspecified atom stereocenters. The minimum absolute atomic E-state index is 0.0485. The lowest BCUT2D eigenvalue weighted by Gasteiger charge is -2.27. The Labute approximate surface area is 225 Å². The molecule has 194 valence electrons. The van der Waals surface area contributed by atoms with Crippen LogP contribution in [0.25, 0.3) is 0 Å². The van der Waals surface area contributed by atoms with E-state index in [0.717, 1.165) is 54.2 Å². The molecule has 2 aromatic carbocycles. The van der Waals surface area contributed by atoms with E-state index in [4.69, 9.17) is 25.8 Å². The molecule has 9 heteroatoms. The maximum Gasteiger partial charge on any atom is 0.236 e. The third-order valence-electron chi connectivity index (χ3n) is 7.44. The van der Waals surface area contributed by atoms with Crippen molar-refractivity contribution < 1.29 is 19.0 Å². The van der Waals surface area contributed by atoms with E-state index in [2.05, 4.69) is 15.2 Å². The van der Waals surface area contributed by atoms with Gasteiger partial charge in [-0.25, -0.2) is 4.98 Å². The number of rotatable bonds is 9. The number of hydrogen-bond acceptors (Lipinski definition) is 7. The zero-order valence-corrected chi connectivity index (χ0v) is 22.2. The zero-order valence-electron chi connectivity index (χ0n) is 20.6. The summed E-state index contributed by atoms with van der Waals surface area (Å²) in [5.74, 6) is 1.36. The first-order valence-electron chi connectivity index (χ1n) is 12.9. The standard InChI is InChI=1S/C28H30ClN3O4S/c29-21-7-3-2-6-20(21)25(34-15-14-32-12-4-1-5-13-32)24-17-30-27(37-24)31-26(33)28(10-11-28)19-8-9-22-23(16-19)36-18-35-22/h2-3,6-9,16-17,25H,1,4-5,10-15,18H2,(H,30,31,33). The molecule has 1 N–H and O–H groups in total. The van der Waals surface area contributed by atoms with Crippen LogP contribution in [0.15, 0.2) is 48.7 Å². The van der Waals surface area contributed by atoms with Crippen LogP contribution in [0.2, 0.25) is 5.02 Å². The molecule has 3 aromatic rings. The lowest BCUT2D eigenvalue weighted by molar-refractivity contribution is -0.118. The summed E-state index contributed by atoms with van der Waals surface area (Å²) in [7, 11) is 0. The van der Waals surface area contributed by atoms with E-state index in [1.54, 1.807) is 6.20 Å². The molecule has 0 bridgehead atoms. The van der Waals surface area contributed by atoms with Gasteiger partial charge in [0.2, 0.25) is 12.7 Å². The van der Waals surface area contributed by atoms with Crippen LogP contribution in [0.4, 0.5) is 5.13 Å². The summed E-state index contributed by atoms with van der Waals surface area (Å²) in [6.07, 6.45) is 6.83. The number of hydrogen-bond donors (Lipinski definition) is 1. The van der Waals surface area contributed by atoms with Crippen LogP contribution in [-0.4, -0.2) is 48.8 Å². The summed E-state index contributed by atoms with van der Waals surface area (Å²) in [4.78, 5) is 21.3. The van der Waals surface area contributed by atoms with Gasteiger partial charge in [0, 0.05) is 23.3 Å². The number of ether oxygens (including phenoxy) is 3. The number of fused-ring (bicyclic) bond motifs is 1. The van der Waals surface area contributed by atoms with Crippen molar-refractivity contribution >= 4 is 34.0 Å². The van der Waals surface area contributed by atoms with Crippen LogP contribution in [0.5, 0.6) is 11.5 Å². The van der Waals surface area contributed by atoms with Gasteiger partial charge in [-0.3, -0.25) is 4.79 Å². The summed E-state index contributed by atoms with van der Waals surface area (Å²) in [6, 6.07) is 13.5. The zero-order chi connectivity index (χ0) is 25.2. The van der Waals surface area contributed by atoms with Crippen molar-refractivity contribution in [2.24, 2.45) is 0 Å². The summed E-state index contributed by atoms with van der Waals surface area (Å²) < 4.78 is 17.4. The van der Waals surface area contributed by atoms with Gasteiger partial charge in [-0.2, -0.15) is 0 Å². The predicted octanol–water partition coefficient (Wildman–Crippen LogP) is 5.79. The Bertz CT molecular complexity index is 1270. The lowest BCUT2D eigenvalue weighted by atomic mass is 9.94. The predicted molar refractivity (Wildman–Crippen MR) is 144 cm³/mol. The van der Waals surface area contributed by atoms with Crippen molar-refractivity contribution in [2.75, 3.05) is 38.4 Å². The van der Waals surface area contributed by atoms with Crippen molar-refractivity contribution in [3.63, 3.8) is 0 Å². The third kappa shape index (κ3) is 5.21. The Morgan fingerprint density at radius 1 is 1.14 bits per heavy atom. The molecule has 6 rings (SSSR count). The summed E-state index contributed by atoms with van der Waals surface area (Å²) in [5.41, 5.74) is 1.30. The molecule has 0 spiro atoms. The third-order valence-corrected chi connectivity index (χ3v) is 8.74. The number of likely N-dealkylation sites (tertiary alicyclic amines) is 1. The molecular formula is C28H30ClN3O4S. The van der Waals surface area contributed by atoms with Crippen molar-refractivity contribution in [1.82, 2.24) is 9.88 Å². The van der Waals surface area contributed by atoms with E-state index >= 15 is 0 Å². The molecule has 3 aliphatic rings. The van der Waals surface area contributed by atoms with Gasteiger partial charge in [-0.05, 0) is 62.5 Å². The monoisotopic (exact) mass is 539 g/mol. The summed E-state index contributed by atoms with van der Waals surface area (Å²) in [6.45, 7) is 3.96. The summed E-state index contributed by atoms with van der Waals surface area (Å²) in [5, 5.41) is 4.28. The van der Waals surface area contributed by atoms with Crippen LogP contribution in [0.1, 0.15) is 54.2 Å². The number of thiazole rings is 1. The maximum absolute atomic E-state index is 13.4. The summed E-state index contributed by atoms with van der Waals surface area (Å²) >= 11 is 8.00. The SMILES string of the molecule is O=C(Nc1ncc(C(OCCN2CCCCC2)c2ccccc2Cl)s1)C1(c2ccc3c(c2)OCO3)CC1. The average Bonchev–Trinajstić information content (AvgIpc) is 3.38. The average molecular weight is 540 g/mol. The molecule has 1 atom stereocenters. The van der Waals surface area contributed by atoms with Gasteiger partial charge in [0.1, 0.15) is 6.10 Å². The van der Waals surface area contributed by atoms with Gasteiger partial charge in [0.15, 0.2) is 16.6 Å². The van der Waals surface area contributed by atoms with Crippen LogP contribution in [0.3, 0.4) is 0 Å². The first kappa shape index (κ1) is 24.7. The maximum atomic E-state index is 13.4. The fraction of sp³-hybridized carbons (Fsp3) is 0.429. The molecule has 37 heavy (non-hydrogen) atoms. The Kier molecular flexibility index (Phi) is 7.08. The van der Waals surface area contributed by atoms with Crippen LogP contribution >= 0.6 is 22.9 Å². The van der Waals surface area contributed by atoms with E-state index in [-0.39, 0.29) is 18.8 Å². The number of amides is 1. The molecule has 1 saturated carbocycles. The second-order valence-electron chi connectivity index (χ2n) is 9.85. The number of nitrogens with zero attached hydrogens (tertiary/aromatic N) is 2. The highest BCUT2D eigenvalue weighted by molar-refractivity contribution is 7.15. The molecule has 1 saturated heterocycles. The Hall–Kier alpha value is -2.65. The largest absolute Gasteiger partial charge is 0.454 e. The second-order valence-corrected chi connectivity index (χ2v) is 11.3. The molecule has 0 radical (unpaired) electrons. The smallest absolute Gasteiger partial charge is 0.236 e. The molecule has 7 nitrogen and oxygen atoms in total. The van der Waals surface area contributed by atoms with Crippen LogP contribution in [0, 0.1) is 0 Å². The van der Waals surface area contributed by atoms with Crippen molar-refractivity contribution in [3.8, 4) is 11.5 Å². The molecule has 2 aliphatic heterocycles. The van der Waals surface area contributed by atoms with Gasteiger partial charge in [0.25, 0.3) is 0 Å². The number of piperidine rings is 1. The van der Waals surface area contributed by atoms with Gasteiger partial charge in [-0.1, -0.05) is 53.6 Å². The highest BCUT2D eigenvalue weighted by Crippen LogP contribution is 2.51. The van der Waals surface area contributed by atoms with E-state index in [1.165, 1.54) is 30.6 Å². The number of benzene rings is 2. The Morgan fingerprint density at radius 2 is 1.95 bits per heavy atom. The minimum Gasteiger partial charge on any atom is -0.454 e. The molecule has 1 amide bonds. The van der Waals surface area contributed by atoms with Gasteiger partial charge < -0.3 is 24.4 Å². The Morgan fingerprint density at radius 3 is 2.76 bits per heavy atom. The topological polar surface area (TPSA) is 72.9 Å². The quantitative estimate of drug-likeness (QED) is 0.371. The first-order chi connectivity index (χ1) is 18.1. The van der Waals surface area contributed by atoms with Crippen molar-refractivity contribution in [1.29, 1.82) is 0 Å².